The quantitative estimate of drug-likeness (QED) is 0.0417. The summed E-state index contributed by atoms with van der Waals surface area (Å²) >= 11 is 0. The summed E-state index contributed by atoms with van der Waals surface area (Å²) < 4.78 is 5.48. The average molecular weight is 949 g/mol. The predicted molar refractivity (Wildman–Crippen MR) is 292 cm³/mol. The summed E-state index contributed by atoms with van der Waals surface area (Å²) in [6, 6.07) is -0.545. The average Bonchev–Trinajstić information content (AvgIpc) is 3.33. The van der Waals surface area contributed by atoms with Crippen LogP contribution in [0.3, 0.4) is 0 Å². The second kappa shape index (κ2) is 57.4. The monoisotopic (exact) mass is 948 g/mol. The maximum absolute atomic E-state index is 12.5. The van der Waals surface area contributed by atoms with E-state index in [0.29, 0.717) is 25.9 Å². The highest BCUT2D eigenvalue weighted by atomic mass is 16.5. The van der Waals surface area contributed by atoms with Crippen molar-refractivity contribution in [2.45, 2.75) is 366 Å². The number of hydrogen-bond donors (Lipinski definition) is 3. The summed E-state index contributed by atoms with van der Waals surface area (Å²) in [5, 5.41) is 23.3. The fraction of sp³-hybridized carbons (Fsp3) is 0.967. The van der Waals surface area contributed by atoms with Crippen LogP contribution in [0.1, 0.15) is 354 Å². The van der Waals surface area contributed by atoms with E-state index in [-0.39, 0.29) is 18.5 Å². The molecule has 0 saturated heterocycles. The zero-order chi connectivity index (χ0) is 48.6. The van der Waals surface area contributed by atoms with Crippen molar-refractivity contribution in [2.24, 2.45) is 0 Å². The highest BCUT2D eigenvalue weighted by Gasteiger charge is 2.20. The number of unbranched alkanes of at least 4 members (excludes halogenated alkanes) is 47. The zero-order valence-corrected chi connectivity index (χ0v) is 45.7. The van der Waals surface area contributed by atoms with Gasteiger partial charge in [-0.1, -0.05) is 316 Å². The number of nitrogens with one attached hydrogen (secondary N) is 1. The van der Waals surface area contributed by atoms with Crippen molar-refractivity contribution < 1.29 is 24.5 Å². The van der Waals surface area contributed by atoms with Gasteiger partial charge in [-0.05, 0) is 25.7 Å². The molecule has 0 bridgehead atoms. The van der Waals surface area contributed by atoms with Crippen LogP contribution in [-0.4, -0.2) is 47.4 Å². The van der Waals surface area contributed by atoms with E-state index in [4.69, 9.17) is 4.74 Å². The van der Waals surface area contributed by atoms with Gasteiger partial charge in [-0.15, -0.1) is 0 Å². The molecule has 1 amide bonds. The lowest BCUT2D eigenvalue weighted by Gasteiger charge is -2.22. The smallest absolute Gasteiger partial charge is 0.305 e. The highest BCUT2D eigenvalue weighted by Crippen LogP contribution is 2.18. The first-order valence-corrected chi connectivity index (χ1v) is 30.8. The van der Waals surface area contributed by atoms with Gasteiger partial charge in [-0.2, -0.15) is 0 Å². The van der Waals surface area contributed by atoms with Gasteiger partial charge in [0.2, 0.25) is 5.91 Å². The second-order valence-electron chi connectivity index (χ2n) is 21.4. The Bertz CT molecular complexity index is 959. The molecule has 0 aromatic heterocycles. The molecule has 0 aliphatic heterocycles. The molecule has 2 unspecified atom stereocenters. The lowest BCUT2D eigenvalue weighted by molar-refractivity contribution is -0.143. The van der Waals surface area contributed by atoms with Gasteiger partial charge < -0.3 is 20.3 Å². The second-order valence-corrected chi connectivity index (χ2v) is 21.4. The Hall–Kier alpha value is -1.14. The van der Waals surface area contributed by atoms with Crippen molar-refractivity contribution in [1.82, 2.24) is 5.32 Å². The molecule has 67 heavy (non-hydrogen) atoms. The van der Waals surface area contributed by atoms with E-state index in [1.54, 1.807) is 0 Å². The molecule has 0 fully saturated rings. The normalized spacial score (nSPS) is 12.5. The lowest BCUT2D eigenvalue weighted by atomic mass is 10.0. The zero-order valence-electron chi connectivity index (χ0n) is 45.7. The van der Waals surface area contributed by atoms with Crippen LogP contribution in [0, 0.1) is 0 Å². The SMILES string of the molecule is CCCCCCCCCCCCCCCCCCCCCC(O)C(CO)NC(=O)CCCCCCCCCCCCCCCCCCCOC(=O)CCCCCCCCCCCCCCCC. The molecule has 0 aromatic rings. The van der Waals surface area contributed by atoms with E-state index in [1.807, 2.05) is 0 Å². The fourth-order valence-electron chi connectivity index (χ4n) is 9.94. The molecule has 400 valence electrons. The Balaban J connectivity index is 3.40. The van der Waals surface area contributed by atoms with Crippen molar-refractivity contribution >= 4 is 11.9 Å². The van der Waals surface area contributed by atoms with Crippen LogP contribution in [0.25, 0.3) is 0 Å². The molecule has 0 aliphatic rings. The molecule has 3 N–H and O–H groups in total. The number of aliphatic hydroxyl groups excluding tert-OH is 2. The minimum Gasteiger partial charge on any atom is -0.466 e. The molecular formula is C61H121NO5. The fourth-order valence-corrected chi connectivity index (χ4v) is 9.94. The van der Waals surface area contributed by atoms with E-state index in [0.717, 1.165) is 38.5 Å². The Morgan fingerprint density at radius 2 is 0.612 bits per heavy atom. The summed E-state index contributed by atoms with van der Waals surface area (Å²) in [4.78, 5) is 24.6. The van der Waals surface area contributed by atoms with Crippen molar-refractivity contribution in [3.05, 3.63) is 0 Å². The largest absolute Gasteiger partial charge is 0.466 e. The van der Waals surface area contributed by atoms with E-state index in [2.05, 4.69) is 19.2 Å². The number of carbonyl (C=O) groups is 2. The standard InChI is InChI=1S/C61H121NO5/c1-3-5-7-9-11-13-15-17-19-20-21-23-26-29-33-37-41-45-49-53-59(64)58(57-63)62-60(65)54-50-46-42-38-34-30-27-24-22-25-28-32-36-40-44-48-52-56-67-61(66)55-51-47-43-39-35-31-18-16-14-12-10-8-6-4-2/h58-59,63-64H,3-57H2,1-2H3,(H,62,65). The van der Waals surface area contributed by atoms with E-state index < -0.39 is 12.1 Å². The van der Waals surface area contributed by atoms with Crippen LogP contribution in [-0.2, 0) is 14.3 Å². The predicted octanol–water partition coefficient (Wildman–Crippen LogP) is 19.1. The Labute approximate surface area is 419 Å². The van der Waals surface area contributed by atoms with Crippen LogP contribution >= 0.6 is 0 Å². The molecule has 6 heteroatoms. The number of hydrogen-bond acceptors (Lipinski definition) is 5. The van der Waals surface area contributed by atoms with E-state index >= 15 is 0 Å². The maximum Gasteiger partial charge on any atom is 0.305 e. The lowest BCUT2D eigenvalue weighted by Crippen LogP contribution is -2.45. The highest BCUT2D eigenvalue weighted by molar-refractivity contribution is 5.76. The van der Waals surface area contributed by atoms with Gasteiger partial charge in [0.05, 0.1) is 25.4 Å². The number of aliphatic hydroxyl groups is 2. The molecule has 0 aliphatic carbocycles. The van der Waals surface area contributed by atoms with Gasteiger partial charge in [0, 0.05) is 12.8 Å². The van der Waals surface area contributed by atoms with Crippen LogP contribution in [0.15, 0.2) is 0 Å². The molecule has 0 aromatic carbocycles. The third-order valence-corrected chi connectivity index (χ3v) is 14.7. The van der Waals surface area contributed by atoms with Crippen LogP contribution in [0.2, 0.25) is 0 Å². The van der Waals surface area contributed by atoms with Crippen molar-refractivity contribution in [3.63, 3.8) is 0 Å². The summed E-state index contributed by atoms with van der Waals surface area (Å²) in [5.41, 5.74) is 0. The van der Waals surface area contributed by atoms with Crippen molar-refractivity contribution in [3.8, 4) is 0 Å². The van der Waals surface area contributed by atoms with Crippen LogP contribution in [0.4, 0.5) is 0 Å². The van der Waals surface area contributed by atoms with Crippen molar-refractivity contribution in [1.29, 1.82) is 0 Å². The Morgan fingerprint density at radius 3 is 0.910 bits per heavy atom. The van der Waals surface area contributed by atoms with Gasteiger partial charge in [0.25, 0.3) is 0 Å². The summed E-state index contributed by atoms with van der Waals surface area (Å²) in [6.45, 7) is 4.98. The first-order valence-electron chi connectivity index (χ1n) is 30.8. The third kappa shape index (κ3) is 54.0. The molecule has 0 rings (SSSR count). The summed E-state index contributed by atoms with van der Waals surface area (Å²) in [5.74, 6) is -0.0270. The molecule has 2 atom stereocenters. The van der Waals surface area contributed by atoms with E-state index in [9.17, 15) is 19.8 Å². The first-order chi connectivity index (χ1) is 33.0. The van der Waals surface area contributed by atoms with Gasteiger partial charge in [0.15, 0.2) is 0 Å². The third-order valence-electron chi connectivity index (χ3n) is 14.7. The number of rotatable bonds is 58. The van der Waals surface area contributed by atoms with E-state index in [1.165, 1.54) is 283 Å². The number of carbonyl (C=O) groups excluding carboxylic acids is 2. The van der Waals surface area contributed by atoms with Crippen LogP contribution in [0.5, 0.6) is 0 Å². The number of ether oxygens (including phenoxy) is 1. The maximum atomic E-state index is 12.5. The van der Waals surface area contributed by atoms with Gasteiger partial charge in [-0.3, -0.25) is 9.59 Å². The number of amides is 1. The van der Waals surface area contributed by atoms with Crippen LogP contribution < -0.4 is 5.32 Å². The summed E-state index contributed by atoms with van der Waals surface area (Å²) in [7, 11) is 0. The topological polar surface area (TPSA) is 95.9 Å². The first kappa shape index (κ1) is 65.9. The van der Waals surface area contributed by atoms with Crippen molar-refractivity contribution in [2.75, 3.05) is 13.2 Å². The molecular weight excluding hydrogens is 827 g/mol. The molecule has 0 saturated carbocycles. The Morgan fingerprint density at radius 1 is 0.358 bits per heavy atom. The number of esters is 1. The molecule has 6 nitrogen and oxygen atoms in total. The minimum absolute atomic E-state index is 0.00893. The molecule has 0 radical (unpaired) electrons. The van der Waals surface area contributed by atoms with Gasteiger partial charge in [0.1, 0.15) is 0 Å². The van der Waals surface area contributed by atoms with Gasteiger partial charge in [-0.25, -0.2) is 0 Å². The van der Waals surface area contributed by atoms with Gasteiger partial charge >= 0.3 is 5.97 Å². The Kier molecular flexibility index (Phi) is 56.5. The molecule has 0 spiro atoms. The summed E-state index contributed by atoms with van der Waals surface area (Å²) in [6.07, 6.45) is 66.7. The minimum atomic E-state index is -0.667. The molecule has 0 heterocycles.